The van der Waals surface area contributed by atoms with Gasteiger partial charge < -0.3 is 5.32 Å². The van der Waals surface area contributed by atoms with Crippen LogP contribution in [-0.4, -0.2) is 11.6 Å². The fourth-order valence-corrected chi connectivity index (χ4v) is 1.87. The van der Waals surface area contributed by atoms with Gasteiger partial charge in [-0.2, -0.15) is 5.10 Å². The molecule has 0 heterocycles. The summed E-state index contributed by atoms with van der Waals surface area (Å²) in [6.07, 6.45) is 0. The van der Waals surface area contributed by atoms with Gasteiger partial charge >= 0.3 is 0 Å². The van der Waals surface area contributed by atoms with E-state index < -0.39 is 0 Å². The number of benzene rings is 2. The Balaban J connectivity index is 2.11. The molecule has 2 rings (SSSR count). The summed E-state index contributed by atoms with van der Waals surface area (Å²) in [5.41, 5.74) is 7.76. The highest BCUT2D eigenvalue weighted by atomic mass is 16.1. The zero-order valence-electron chi connectivity index (χ0n) is 12.5. The van der Waals surface area contributed by atoms with Gasteiger partial charge in [0.1, 0.15) is 0 Å². The number of aryl methyl sites for hydroxylation is 1. The van der Waals surface area contributed by atoms with E-state index in [1.54, 1.807) is 0 Å². The van der Waals surface area contributed by atoms with Gasteiger partial charge in [-0.1, -0.05) is 29.8 Å². The number of hydrogen-bond acceptors (Lipinski definition) is 3. The van der Waals surface area contributed by atoms with Gasteiger partial charge in [-0.05, 0) is 43.7 Å². The van der Waals surface area contributed by atoms with Crippen LogP contribution in [0.15, 0.2) is 53.6 Å². The topological polar surface area (TPSA) is 53.5 Å². The molecule has 0 aromatic heterocycles. The molecule has 0 saturated carbocycles. The number of amides is 1. The molecular formula is C17H19N3O. The number of hydrazone groups is 1. The first-order chi connectivity index (χ1) is 10.0. The quantitative estimate of drug-likeness (QED) is 0.661. The van der Waals surface area contributed by atoms with Crippen LogP contribution in [0.4, 0.5) is 11.4 Å². The van der Waals surface area contributed by atoms with Crippen LogP contribution in [0.5, 0.6) is 0 Å². The lowest BCUT2D eigenvalue weighted by molar-refractivity contribution is -0.114. The van der Waals surface area contributed by atoms with Crippen molar-refractivity contribution in [2.75, 3.05) is 10.7 Å². The first-order valence-corrected chi connectivity index (χ1v) is 6.79. The monoisotopic (exact) mass is 281 g/mol. The second kappa shape index (κ2) is 6.70. The molecule has 0 atom stereocenters. The van der Waals surface area contributed by atoms with Gasteiger partial charge in [-0.15, -0.1) is 0 Å². The summed E-state index contributed by atoms with van der Waals surface area (Å²) in [5.74, 6) is -0.0838. The highest BCUT2D eigenvalue weighted by Crippen LogP contribution is 2.13. The normalized spacial score (nSPS) is 11.1. The second-order valence-electron chi connectivity index (χ2n) is 4.94. The van der Waals surface area contributed by atoms with Gasteiger partial charge in [0.15, 0.2) is 0 Å². The van der Waals surface area contributed by atoms with Crippen LogP contribution in [0.1, 0.15) is 25.0 Å². The van der Waals surface area contributed by atoms with Crippen molar-refractivity contribution in [1.29, 1.82) is 0 Å². The Kier molecular flexibility index (Phi) is 4.72. The number of anilines is 2. The van der Waals surface area contributed by atoms with Crippen LogP contribution in [0.2, 0.25) is 0 Å². The molecule has 1 amide bonds. The molecule has 0 spiro atoms. The fourth-order valence-electron chi connectivity index (χ4n) is 1.87. The molecule has 0 saturated heterocycles. The molecule has 2 N–H and O–H groups in total. The summed E-state index contributed by atoms with van der Waals surface area (Å²) >= 11 is 0. The Hall–Kier alpha value is -2.62. The van der Waals surface area contributed by atoms with E-state index in [0.717, 1.165) is 22.6 Å². The Bertz CT molecular complexity index is 660. The predicted molar refractivity (Wildman–Crippen MR) is 87.8 cm³/mol. The van der Waals surface area contributed by atoms with Crippen molar-refractivity contribution in [1.82, 2.24) is 0 Å². The molecular weight excluding hydrogens is 262 g/mol. The molecule has 0 aliphatic heterocycles. The fraction of sp³-hybridized carbons (Fsp3) is 0.176. The minimum absolute atomic E-state index is 0.0838. The highest BCUT2D eigenvalue weighted by Gasteiger charge is 2.01. The molecule has 0 aliphatic carbocycles. The van der Waals surface area contributed by atoms with Gasteiger partial charge in [0, 0.05) is 12.6 Å². The van der Waals surface area contributed by atoms with E-state index in [2.05, 4.69) is 15.8 Å². The van der Waals surface area contributed by atoms with Gasteiger partial charge in [0.2, 0.25) is 5.91 Å². The maximum atomic E-state index is 11.1. The number of hydrogen-bond donors (Lipinski definition) is 2. The first kappa shape index (κ1) is 14.8. The third kappa shape index (κ3) is 4.45. The van der Waals surface area contributed by atoms with Crippen molar-refractivity contribution in [2.45, 2.75) is 20.8 Å². The second-order valence-corrected chi connectivity index (χ2v) is 4.94. The number of carbonyl (C=O) groups excluding carboxylic acids is 1. The third-order valence-corrected chi connectivity index (χ3v) is 3.00. The number of nitrogens with zero attached hydrogens (tertiary/aromatic N) is 1. The predicted octanol–water partition coefficient (Wildman–Crippen LogP) is 3.79. The number of rotatable bonds is 4. The van der Waals surface area contributed by atoms with Crippen LogP contribution in [0, 0.1) is 6.92 Å². The molecule has 108 valence electrons. The van der Waals surface area contributed by atoms with E-state index in [1.165, 1.54) is 12.5 Å². The van der Waals surface area contributed by atoms with Gasteiger partial charge in [0.25, 0.3) is 0 Å². The molecule has 2 aromatic carbocycles. The van der Waals surface area contributed by atoms with Crippen molar-refractivity contribution < 1.29 is 4.79 Å². The summed E-state index contributed by atoms with van der Waals surface area (Å²) in [6.45, 7) is 5.46. The van der Waals surface area contributed by atoms with Crippen LogP contribution >= 0.6 is 0 Å². The van der Waals surface area contributed by atoms with Crippen molar-refractivity contribution in [3.05, 3.63) is 59.7 Å². The average molecular weight is 281 g/mol. The van der Waals surface area contributed by atoms with E-state index >= 15 is 0 Å². The Morgan fingerprint density at radius 2 is 1.71 bits per heavy atom. The largest absolute Gasteiger partial charge is 0.326 e. The summed E-state index contributed by atoms with van der Waals surface area (Å²) in [6, 6.07) is 15.6. The maximum Gasteiger partial charge on any atom is 0.221 e. The molecule has 4 heteroatoms. The summed E-state index contributed by atoms with van der Waals surface area (Å²) in [5, 5.41) is 7.13. The van der Waals surface area contributed by atoms with Crippen LogP contribution in [0.3, 0.4) is 0 Å². The van der Waals surface area contributed by atoms with E-state index in [1.807, 2.05) is 62.4 Å². The van der Waals surface area contributed by atoms with Crippen LogP contribution < -0.4 is 10.7 Å². The van der Waals surface area contributed by atoms with Gasteiger partial charge in [0.05, 0.1) is 11.4 Å². The van der Waals surface area contributed by atoms with Crippen molar-refractivity contribution in [3.63, 3.8) is 0 Å². The maximum absolute atomic E-state index is 11.1. The van der Waals surface area contributed by atoms with Crippen molar-refractivity contribution >= 4 is 23.0 Å². The highest BCUT2D eigenvalue weighted by molar-refractivity contribution is 6.00. The minimum Gasteiger partial charge on any atom is -0.326 e. The van der Waals surface area contributed by atoms with E-state index in [-0.39, 0.29) is 5.91 Å². The Labute approximate surface area is 124 Å². The molecule has 0 radical (unpaired) electrons. The summed E-state index contributed by atoms with van der Waals surface area (Å²) in [7, 11) is 0. The SMILES string of the molecule is CC(=O)Nc1cccc(/C(C)=N\Nc2ccc(C)cc2)c1. The lowest BCUT2D eigenvalue weighted by Gasteiger charge is -2.07. The molecule has 0 unspecified atom stereocenters. The van der Waals surface area contributed by atoms with Gasteiger partial charge in [-0.25, -0.2) is 0 Å². The van der Waals surface area contributed by atoms with E-state index in [0.29, 0.717) is 0 Å². The molecule has 21 heavy (non-hydrogen) atoms. The number of carbonyl (C=O) groups is 1. The standard InChI is InChI=1S/C17H19N3O/c1-12-7-9-16(10-8-12)20-19-13(2)15-5-4-6-17(11-15)18-14(3)21/h4-11,20H,1-3H3,(H,18,21)/b19-13-. The Morgan fingerprint density at radius 3 is 2.38 bits per heavy atom. The zero-order chi connectivity index (χ0) is 15.2. The summed E-state index contributed by atoms with van der Waals surface area (Å²) in [4.78, 5) is 11.1. The zero-order valence-corrected chi connectivity index (χ0v) is 12.5. The van der Waals surface area contributed by atoms with Crippen LogP contribution in [-0.2, 0) is 4.79 Å². The lowest BCUT2D eigenvalue weighted by atomic mass is 10.1. The summed E-state index contributed by atoms with van der Waals surface area (Å²) < 4.78 is 0. The van der Waals surface area contributed by atoms with Gasteiger partial charge in [-0.3, -0.25) is 10.2 Å². The van der Waals surface area contributed by atoms with Crippen molar-refractivity contribution in [2.24, 2.45) is 5.10 Å². The Morgan fingerprint density at radius 1 is 1.00 bits per heavy atom. The minimum atomic E-state index is -0.0838. The third-order valence-electron chi connectivity index (χ3n) is 3.00. The van der Waals surface area contributed by atoms with Crippen LogP contribution in [0.25, 0.3) is 0 Å². The molecule has 0 bridgehead atoms. The van der Waals surface area contributed by atoms with E-state index in [9.17, 15) is 4.79 Å². The molecule has 4 nitrogen and oxygen atoms in total. The number of nitrogens with one attached hydrogen (secondary N) is 2. The molecule has 0 aliphatic rings. The molecule has 2 aromatic rings. The average Bonchev–Trinajstić information content (AvgIpc) is 2.46. The van der Waals surface area contributed by atoms with Crippen molar-refractivity contribution in [3.8, 4) is 0 Å². The molecule has 0 fully saturated rings. The lowest BCUT2D eigenvalue weighted by Crippen LogP contribution is -2.07. The first-order valence-electron chi connectivity index (χ1n) is 6.79. The van der Waals surface area contributed by atoms with E-state index in [4.69, 9.17) is 0 Å². The smallest absolute Gasteiger partial charge is 0.221 e.